The van der Waals surface area contributed by atoms with Crippen molar-refractivity contribution in [3.05, 3.63) is 82.5 Å². The van der Waals surface area contributed by atoms with E-state index in [0.29, 0.717) is 17.2 Å². The Labute approximate surface area is 261 Å². The highest BCUT2D eigenvalue weighted by Gasteiger charge is 2.35. The van der Waals surface area contributed by atoms with E-state index in [4.69, 9.17) is 16.3 Å². The molecule has 11 heteroatoms. The van der Waals surface area contributed by atoms with Crippen molar-refractivity contribution in [2.75, 3.05) is 13.2 Å². The van der Waals surface area contributed by atoms with Crippen molar-refractivity contribution < 1.29 is 28.7 Å². The average Bonchev–Trinajstić information content (AvgIpc) is 3.44. The van der Waals surface area contributed by atoms with E-state index in [0.717, 1.165) is 43.2 Å². The van der Waals surface area contributed by atoms with Gasteiger partial charge in [0.25, 0.3) is 5.91 Å². The number of carbonyl (C=O) groups is 5. The molecule has 2 aliphatic heterocycles. The lowest BCUT2D eigenvalue weighted by Gasteiger charge is -2.29. The molecule has 5 rings (SSSR count). The Hall–Kier alpha value is -4.02. The molecule has 1 aromatic rings. The standard InChI is InChI=1S/C33H37ClN4O6/c34-24-11-12-28-22(17-24)16-23(19-44-28)31(41)38-27(15-20-7-3-1-4-8-20)32(42)37-26(18-21-13-14-35-30(21)40)29(39)33(43)36-25-9-5-2-6-10-25/h1,3-4,7-8,11-13,16-17,23,25-28H,2,5-6,9-10,14-15,18-19H2,(H,35,40)(H,36,43)(H,37,42)(H,38,41)/t23?,26?,27-,28?/m0/s1. The molecule has 0 bridgehead atoms. The van der Waals surface area contributed by atoms with Gasteiger partial charge in [-0.3, -0.25) is 24.0 Å². The zero-order valence-corrected chi connectivity index (χ0v) is 25.1. The molecule has 1 saturated carbocycles. The number of rotatable bonds is 11. The molecule has 44 heavy (non-hydrogen) atoms. The third-order valence-corrected chi connectivity index (χ3v) is 8.52. The van der Waals surface area contributed by atoms with Crippen molar-refractivity contribution in [1.82, 2.24) is 21.3 Å². The molecule has 1 fully saturated rings. The first kappa shape index (κ1) is 31.4. The summed E-state index contributed by atoms with van der Waals surface area (Å²) in [5.41, 5.74) is 1.85. The normalized spacial score (nSPS) is 22.8. The van der Waals surface area contributed by atoms with Gasteiger partial charge in [0.15, 0.2) is 0 Å². The summed E-state index contributed by atoms with van der Waals surface area (Å²) in [6, 6.07) is 6.68. The number of fused-ring (bicyclic) bond motifs is 1. The molecule has 0 saturated heterocycles. The van der Waals surface area contributed by atoms with Crippen LogP contribution in [-0.2, 0) is 35.1 Å². The van der Waals surface area contributed by atoms with Crippen LogP contribution in [0.4, 0.5) is 0 Å². The summed E-state index contributed by atoms with van der Waals surface area (Å²) in [6.45, 7) is 0.418. The van der Waals surface area contributed by atoms with E-state index in [1.54, 1.807) is 24.3 Å². The third kappa shape index (κ3) is 8.12. The van der Waals surface area contributed by atoms with E-state index in [1.807, 2.05) is 36.4 Å². The lowest BCUT2D eigenvalue weighted by Crippen LogP contribution is -2.56. The Morgan fingerprint density at radius 3 is 2.50 bits per heavy atom. The fraction of sp³-hybridized carbons (Fsp3) is 0.424. The quantitative estimate of drug-likeness (QED) is 0.280. The molecule has 232 valence electrons. The van der Waals surface area contributed by atoms with Gasteiger partial charge < -0.3 is 26.0 Å². The van der Waals surface area contributed by atoms with Gasteiger partial charge in [-0.2, -0.15) is 0 Å². The summed E-state index contributed by atoms with van der Waals surface area (Å²) < 4.78 is 5.84. The van der Waals surface area contributed by atoms with Crippen LogP contribution in [0.1, 0.15) is 44.1 Å². The van der Waals surface area contributed by atoms with Crippen LogP contribution in [0.25, 0.3) is 0 Å². The van der Waals surface area contributed by atoms with Gasteiger partial charge in [-0.15, -0.1) is 0 Å². The van der Waals surface area contributed by atoms with Crippen molar-refractivity contribution >= 4 is 41.0 Å². The number of hydrogen-bond acceptors (Lipinski definition) is 6. The van der Waals surface area contributed by atoms with Crippen LogP contribution in [0.5, 0.6) is 0 Å². The molecule has 4 N–H and O–H groups in total. The number of allylic oxidation sites excluding steroid dienone is 2. The average molecular weight is 621 g/mol. The van der Waals surface area contributed by atoms with Gasteiger partial charge in [-0.25, -0.2) is 0 Å². The zero-order chi connectivity index (χ0) is 31.1. The lowest BCUT2D eigenvalue weighted by molar-refractivity contribution is -0.141. The second-order valence-electron chi connectivity index (χ2n) is 11.5. The van der Waals surface area contributed by atoms with Gasteiger partial charge in [0.2, 0.25) is 23.5 Å². The number of Topliss-reactive ketones (excluding diaryl/α,β-unsaturated/α-hetero) is 1. The van der Waals surface area contributed by atoms with E-state index in [-0.39, 0.29) is 37.5 Å². The molecule has 2 heterocycles. The molecule has 10 nitrogen and oxygen atoms in total. The zero-order valence-electron chi connectivity index (χ0n) is 24.4. The minimum atomic E-state index is -1.29. The van der Waals surface area contributed by atoms with E-state index < -0.39 is 41.5 Å². The Balaban J connectivity index is 1.33. The number of ether oxygens (including phenoxy) is 1. The molecule has 3 unspecified atom stereocenters. The summed E-state index contributed by atoms with van der Waals surface area (Å²) in [5.74, 6) is -3.73. The fourth-order valence-electron chi connectivity index (χ4n) is 5.86. The largest absolute Gasteiger partial charge is 0.368 e. The van der Waals surface area contributed by atoms with Crippen LogP contribution >= 0.6 is 11.6 Å². The molecular formula is C33H37ClN4O6. The molecule has 0 aromatic heterocycles. The van der Waals surface area contributed by atoms with Crippen LogP contribution < -0.4 is 21.3 Å². The molecule has 2 aliphatic carbocycles. The number of amides is 4. The molecule has 4 amide bonds. The monoisotopic (exact) mass is 620 g/mol. The summed E-state index contributed by atoms with van der Waals surface area (Å²) in [5, 5.41) is 11.5. The predicted octanol–water partition coefficient (Wildman–Crippen LogP) is 2.30. The summed E-state index contributed by atoms with van der Waals surface area (Å²) in [4.78, 5) is 66.1. The number of halogens is 1. The predicted molar refractivity (Wildman–Crippen MR) is 164 cm³/mol. The van der Waals surface area contributed by atoms with Crippen molar-refractivity contribution in [2.24, 2.45) is 5.92 Å². The van der Waals surface area contributed by atoms with Gasteiger partial charge in [-0.05, 0) is 42.2 Å². The summed E-state index contributed by atoms with van der Waals surface area (Å²) in [6.07, 6.45) is 13.0. The molecule has 4 aliphatic rings. The molecule has 0 spiro atoms. The van der Waals surface area contributed by atoms with Crippen LogP contribution in [0.2, 0.25) is 0 Å². The first-order chi connectivity index (χ1) is 21.3. The Morgan fingerprint density at radius 2 is 1.77 bits per heavy atom. The number of ketones is 1. The number of hydrogen-bond donors (Lipinski definition) is 4. The molecule has 0 radical (unpaired) electrons. The number of carbonyl (C=O) groups excluding carboxylic acids is 5. The summed E-state index contributed by atoms with van der Waals surface area (Å²) in [7, 11) is 0. The van der Waals surface area contributed by atoms with Crippen molar-refractivity contribution in [1.29, 1.82) is 0 Å². The first-order valence-corrected chi connectivity index (χ1v) is 15.5. The minimum absolute atomic E-state index is 0.105. The Kier molecular flexibility index (Phi) is 10.4. The highest BCUT2D eigenvalue weighted by atomic mass is 35.5. The highest BCUT2D eigenvalue weighted by molar-refractivity contribution is 6.38. The van der Waals surface area contributed by atoms with Crippen LogP contribution in [0, 0.1) is 5.92 Å². The van der Waals surface area contributed by atoms with Gasteiger partial charge in [0.1, 0.15) is 18.2 Å². The van der Waals surface area contributed by atoms with Crippen LogP contribution in [0.3, 0.4) is 0 Å². The smallest absolute Gasteiger partial charge is 0.289 e. The van der Waals surface area contributed by atoms with Gasteiger partial charge >= 0.3 is 0 Å². The minimum Gasteiger partial charge on any atom is -0.368 e. The van der Waals surface area contributed by atoms with Crippen LogP contribution in [0.15, 0.2) is 76.9 Å². The van der Waals surface area contributed by atoms with Crippen molar-refractivity contribution in [3.8, 4) is 0 Å². The fourth-order valence-corrected chi connectivity index (χ4v) is 6.06. The molecule has 1 aromatic carbocycles. The SMILES string of the molecule is O=C(NC1CCCCC1)C(=O)C(CC1=CCNC1=O)NC(=O)[C@H](Cc1ccccc1)NC(=O)C1C=C2C=C(Cl)C=CC2OC1. The van der Waals surface area contributed by atoms with Crippen molar-refractivity contribution in [2.45, 2.75) is 69.2 Å². The van der Waals surface area contributed by atoms with Gasteiger partial charge in [-0.1, -0.05) is 73.3 Å². The number of nitrogens with one attached hydrogen (secondary N) is 4. The van der Waals surface area contributed by atoms with Crippen molar-refractivity contribution in [3.63, 3.8) is 0 Å². The third-order valence-electron chi connectivity index (χ3n) is 8.29. The summed E-state index contributed by atoms with van der Waals surface area (Å²) >= 11 is 6.14. The van der Waals surface area contributed by atoms with Gasteiger partial charge in [0, 0.05) is 36.0 Å². The van der Waals surface area contributed by atoms with Gasteiger partial charge in [0.05, 0.1) is 12.5 Å². The Bertz CT molecular complexity index is 1410. The van der Waals surface area contributed by atoms with Crippen LogP contribution in [-0.4, -0.2) is 66.8 Å². The highest BCUT2D eigenvalue weighted by Crippen LogP contribution is 2.27. The molecular weight excluding hydrogens is 584 g/mol. The van der Waals surface area contributed by atoms with E-state index in [1.165, 1.54) is 0 Å². The maximum absolute atomic E-state index is 13.8. The second kappa shape index (κ2) is 14.6. The van der Waals surface area contributed by atoms with E-state index in [2.05, 4.69) is 21.3 Å². The maximum atomic E-state index is 13.8. The molecule has 4 atom stereocenters. The lowest BCUT2D eigenvalue weighted by atomic mass is 9.94. The topological polar surface area (TPSA) is 143 Å². The second-order valence-corrected chi connectivity index (χ2v) is 12.0. The first-order valence-electron chi connectivity index (χ1n) is 15.1. The van der Waals surface area contributed by atoms with E-state index >= 15 is 0 Å². The number of benzene rings is 1. The van der Waals surface area contributed by atoms with E-state index in [9.17, 15) is 24.0 Å². The Morgan fingerprint density at radius 1 is 1.00 bits per heavy atom. The maximum Gasteiger partial charge on any atom is 0.289 e.